The molecule has 0 aliphatic carbocycles. The van der Waals surface area contributed by atoms with E-state index in [9.17, 15) is 9.59 Å². The molecular weight excluding hydrogens is 412 g/mol. The lowest BCUT2D eigenvalue weighted by Crippen LogP contribution is -2.41. The van der Waals surface area contributed by atoms with E-state index in [1.54, 1.807) is 0 Å². The Hall–Kier alpha value is -3.03. The molecule has 0 spiro atoms. The first kappa shape index (κ1) is 22.7. The van der Waals surface area contributed by atoms with Gasteiger partial charge in [-0.05, 0) is 24.1 Å². The summed E-state index contributed by atoms with van der Waals surface area (Å²) in [6.07, 6.45) is 2.00. The Morgan fingerprint density at radius 2 is 1.84 bits per heavy atom. The van der Waals surface area contributed by atoms with Gasteiger partial charge in [-0.3, -0.25) is 14.9 Å². The van der Waals surface area contributed by atoms with Gasteiger partial charge in [0, 0.05) is 11.4 Å². The van der Waals surface area contributed by atoms with Crippen LogP contribution >= 0.6 is 11.8 Å². The van der Waals surface area contributed by atoms with Crippen LogP contribution in [0.2, 0.25) is 0 Å². The van der Waals surface area contributed by atoms with E-state index in [0.29, 0.717) is 35.1 Å². The van der Waals surface area contributed by atoms with Crippen molar-refractivity contribution in [1.82, 2.24) is 5.32 Å². The molecule has 1 aliphatic heterocycles. The summed E-state index contributed by atoms with van der Waals surface area (Å²) in [7, 11) is 0. The molecule has 0 unspecified atom stereocenters. The summed E-state index contributed by atoms with van der Waals surface area (Å²) in [5.41, 5.74) is 1.72. The number of rotatable bonds is 10. The van der Waals surface area contributed by atoms with Crippen LogP contribution in [-0.4, -0.2) is 43.4 Å². The molecule has 1 amide bonds. The minimum absolute atomic E-state index is 0.144. The molecule has 1 heterocycles. The summed E-state index contributed by atoms with van der Waals surface area (Å²) in [5.74, 6) is 0.625. The number of benzene rings is 2. The Kier molecular flexibility index (Phi) is 8.75. The molecule has 0 aromatic heterocycles. The number of thioether (sulfide) groups is 1. The highest BCUT2D eigenvalue weighted by atomic mass is 32.2. The number of esters is 1. The number of nitrogens with one attached hydrogen (secondary N) is 2. The predicted octanol–water partition coefficient (Wildman–Crippen LogP) is 3.53. The molecule has 0 bridgehead atoms. The van der Waals surface area contributed by atoms with Crippen molar-refractivity contribution in [2.24, 2.45) is 0 Å². The van der Waals surface area contributed by atoms with Crippen LogP contribution in [0.3, 0.4) is 0 Å². The van der Waals surface area contributed by atoms with Crippen LogP contribution in [0.15, 0.2) is 84.0 Å². The van der Waals surface area contributed by atoms with E-state index >= 15 is 0 Å². The van der Waals surface area contributed by atoms with E-state index in [0.717, 1.165) is 5.56 Å². The number of carbonyl (C=O) groups is 2. The summed E-state index contributed by atoms with van der Waals surface area (Å²) in [5, 5.41) is 6.10. The van der Waals surface area contributed by atoms with Crippen molar-refractivity contribution in [3.05, 3.63) is 89.5 Å². The van der Waals surface area contributed by atoms with Gasteiger partial charge in [-0.1, -0.05) is 61.2 Å². The minimum atomic E-state index is -0.580. The van der Waals surface area contributed by atoms with Crippen LogP contribution in [0.1, 0.15) is 5.56 Å². The highest BCUT2D eigenvalue weighted by Crippen LogP contribution is 2.27. The smallest absolute Gasteiger partial charge is 0.323 e. The van der Waals surface area contributed by atoms with Crippen LogP contribution < -0.4 is 10.6 Å². The normalized spacial score (nSPS) is 14.3. The average Bonchev–Trinajstić information content (AvgIpc) is 2.81. The molecule has 7 heteroatoms. The molecule has 31 heavy (non-hydrogen) atoms. The van der Waals surface area contributed by atoms with Gasteiger partial charge in [0.15, 0.2) is 0 Å². The molecule has 1 aliphatic rings. The first-order valence-electron chi connectivity index (χ1n) is 10.1. The van der Waals surface area contributed by atoms with Gasteiger partial charge in [-0.15, -0.1) is 11.8 Å². The largest absolute Gasteiger partial charge is 0.494 e. The zero-order valence-corrected chi connectivity index (χ0v) is 18.0. The lowest BCUT2D eigenvalue weighted by Gasteiger charge is -2.23. The van der Waals surface area contributed by atoms with E-state index in [1.807, 2.05) is 60.7 Å². The van der Waals surface area contributed by atoms with Gasteiger partial charge >= 0.3 is 5.97 Å². The van der Waals surface area contributed by atoms with E-state index < -0.39 is 6.04 Å². The average molecular weight is 439 g/mol. The van der Waals surface area contributed by atoms with Crippen molar-refractivity contribution in [3.8, 4) is 0 Å². The zero-order valence-electron chi connectivity index (χ0n) is 17.2. The Labute approximate surface area is 186 Å². The quantitative estimate of drug-likeness (QED) is 0.437. The number of hydrogen-bond acceptors (Lipinski definition) is 6. The highest BCUT2D eigenvalue weighted by molar-refractivity contribution is 8.04. The SMILES string of the molecule is C=CCOC(=O)[C@H](Cc1ccccc1)NCC1=C(C(=O)Nc2ccccc2)SCCO1. The van der Waals surface area contributed by atoms with Crippen molar-refractivity contribution in [2.45, 2.75) is 12.5 Å². The summed E-state index contributed by atoms with van der Waals surface area (Å²) in [6.45, 7) is 4.48. The van der Waals surface area contributed by atoms with E-state index in [1.165, 1.54) is 17.8 Å². The fraction of sp³-hybridized carbons (Fsp3) is 0.250. The van der Waals surface area contributed by atoms with Crippen LogP contribution in [0.25, 0.3) is 0 Å². The predicted molar refractivity (Wildman–Crippen MR) is 124 cm³/mol. The van der Waals surface area contributed by atoms with Crippen LogP contribution in [0, 0.1) is 0 Å². The van der Waals surface area contributed by atoms with Crippen LogP contribution in [0.4, 0.5) is 5.69 Å². The molecule has 6 nitrogen and oxygen atoms in total. The topological polar surface area (TPSA) is 76.7 Å². The Morgan fingerprint density at radius 1 is 1.13 bits per heavy atom. The first-order chi connectivity index (χ1) is 15.2. The van der Waals surface area contributed by atoms with Gasteiger partial charge in [-0.25, -0.2) is 0 Å². The van der Waals surface area contributed by atoms with Gasteiger partial charge in [0.1, 0.15) is 23.3 Å². The van der Waals surface area contributed by atoms with Gasteiger partial charge in [0.2, 0.25) is 0 Å². The number of para-hydroxylation sites is 1. The highest BCUT2D eigenvalue weighted by Gasteiger charge is 2.25. The maximum Gasteiger partial charge on any atom is 0.323 e. The summed E-state index contributed by atoms with van der Waals surface area (Å²) < 4.78 is 11.0. The van der Waals surface area contributed by atoms with Crippen LogP contribution in [-0.2, 0) is 25.5 Å². The van der Waals surface area contributed by atoms with Crippen LogP contribution in [0.5, 0.6) is 0 Å². The van der Waals surface area contributed by atoms with Crippen molar-refractivity contribution < 1.29 is 19.1 Å². The second-order valence-corrected chi connectivity index (χ2v) is 7.92. The second-order valence-electron chi connectivity index (χ2n) is 6.81. The van der Waals surface area contributed by atoms with Gasteiger partial charge in [-0.2, -0.15) is 0 Å². The van der Waals surface area contributed by atoms with E-state index in [-0.39, 0.29) is 25.0 Å². The zero-order chi connectivity index (χ0) is 21.9. The maximum atomic E-state index is 12.8. The third-order valence-electron chi connectivity index (χ3n) is 4.52. The number of amides is 1. The molecule has 1 atom stereocenters. The molecule has 0 saturated heterocycles. The van der Waals surface area contributed by atoms with Crippen molar-refractivity contribution in [3.63, 3.8) is 0 Å². The van der Waals surface area contributed by atoms with E-state index in [4.69, 9.17) is 9.47 Å². The summed E-state index contributed by atoms with van der Waals surface area (Å²) in [4.78, 5) is 25.9. The molecular formula is C24H26N2O4S. The molecule has 0 saturated carbocycles. The van der Waals surface area contributed by atoms with Gasteiger partial charge in [0.05, 0.1) is 13.2 Å². The lowest BCUT2D eigenvalue weighted by atomic mass is 10.1. The standard InChI is InChI=1S/C24H26N2O4S/c1-2-13-30-24(28)20(16-18-9-5-3-6-10-18)25-17-21-22(31-15-14-29-21)23(27)26-19-11-7-4-8-12-19/h2-12,20,25H,1,13-17H2,(H,26,27)/t20-/m0/s1. The summed E-state index contributed by atoms with van der Waals surface area (Å²) >= 11 is 1.45. The fourth-order valence-corrected chi connectivity index (χ4v) is 3.88. The van der Waals surface area contributed by atoms with Crippen molar-refractivity contribution in [1.29, 1.82) is 0 Å². The van der Waals surface area contributed by atoms with E-state index in [2.05, 4.69) is 17.2 Å². The molecule has 2 aromatic carbocycles. The monoisotopic (exact) mass is 438 g/mol. The summed E-state index contributed by atoms with van der Waals surface area (Å²) in [6, 6.07) is 18.4. The molecule has 2 aromatic rings. The van der Waals surface area contributed by atoms with Gasteiger partial charge < -0.3 is 14.8 Å². The molecule has 2 N–H and O–H groups in total. The number of hydrogen-bond donors (Lipinski definition) is 2. The lowest BCUT2D eigenvalue weighted by molar-refractivity contribution is -0.144. The fourth-order valence-electron chi connectivity index (χ4n) is 3.03. The molecule has 0 radical (unpaired) electrons. The number of carbonyl (C=O) groups excluding carboxylic acids is 2. The number of ether oxygens (including phenoxy) is 2. The number of anilines is 1. The third-order valence-corrected chi connectivity index (χ3v) is 5.59. The Morgan fingerprint density at radius 3 is 2.55 bits per heavy atom. The Bertz CT molecular complexity index is 916. The Balaban J connectivity index is 1.71. The second kappa shape index (κ2) is 12.0. The van der Waals surface area contributed by atoms with Crippen molar-refractivity contribution >= 4 is 29.3 Å². The third kappa shape index (κ3) is 7.01. The van der Waals surface area contributed by atoms with Gasteiger partial charge in [0.25, 0.3) is 5.91 Å². The first-order valence-corrected chi connectivity index (χ1v) is 11.1. The van der Waals surface area contributed by atoms with Crippen molar-refractivity contribution in [2.75, 3.05) is 30.8 Å². The molecule has 3 rings (SSSR count). The molecule has 0 fully saturated rings. The molecule has 162 valence electrons. The maximum absolute atomic E-state index is 12.8. The minimum Gasteiger partial charge on any atom is -0.494 e.